The van der Waals surface area contributed by atoms with Gasteiger partial charge in [-0.1, -0.05) is 121 Å². The molecule has 0 saturated heterocycles. The predicted octanol–water partition coefficient (Wildman–Crippen LogP) is 10.9. The van der Waals surface area contributed by atoms with Crippen molar-refractivity contribution in [3.8, 4) is 51.0 Å². The quantitative estimate of drug-likeness (QED) is 0.196. The lowest BCUT2D eigenvalue weighted by molar-refractivity contribution is 1.07. The van der Waals surface area contributed by atoms with Gasteiger partial charge in [-0.25, -0.2) is 15.0 Å². The molecule has 0 aliphatic heterocycles. The average Bonchev–Trinajstić information content (AvgIpc) is 3.75. The summed E-state index contributed by atoms with van der Waals surface area (Å²) in [6.07, 6.45) is 0. The van der Waals surface area contributed by atoms with Crippen LogP contribution in [-0.4, -0.2) is 19.5 Å². The van der Waals surface area contributed by atoms with Gasteiger partial charge in [0.1, 0.15) is 0 Å². The fraction of sp³-hybridized carbons (Fsp3) is 0. The summed E-state index contributed by atoms with van der Waals surface area (Å²) >= 11 is 1.80. The first kappa shape index (κ1) is 26.5. The highest BCUT2D eigenvalue weighted by Crippen LogP contribution is 2.39. The van der Waals surface area contributed by atoms with Crippen LogP contribution in [0.25, 0.3) is 82.9 Å². The predicted molar refractivity (Wildman–Crippen MR) is 191 cm³/mol. The van der Waals surface area contributed by atoms with Gasteiger partial charge >= 0.3 is 0 Å². The SMILES string of the molecule is c1ccc(-c2ccc(-c3nc(-c4ccccc4)nc(-c4cccc(-n5c6ccccc6c6c7sccc7ccc65)c4)n3)cc2)cc1. The second kappa shape index (κ2) is 10.9. The first-order chi connectivity index (χ1) is 22.8. The molecule has 9 rings (SSSR count). The molecule has 5 heteroatoms. The third-order valence-electron chi connectivity index (χ3n) is 8.54. The van der Waals surface area contributed by atoms with E-state index in [1.54, 1.807) is 11.3 Å². The van der Waals surface area contributed by atoms with Gasteiger partial charge in [0, 0.05) is 37.9 Å². The molecule has 0 aliphatic carbocycles. The van der Waals surface area contributed by atoms with E-state index in [4.69, 9.17) is 15.0 Å². The van der Waals surface area contributed by atoms with Crippen LogP contribution in [-0.2, 0) is 0 Å². The van der Waals surface area contributed by atoms with E-state index in [1.807, 2.05) is 36.4 Å². The van der Waals surface area contributed by atoms with Crippen molar-refractivity contribution in [3.05, 3.63) is 157 Å². The number of hydrogen-bond donors (Lipinski definition) is 0. The zero-order valence-corrected chi connectivity index (χ0v) is 25.5. The van der Waals surface area contributed by atoms with Gasteiger partial charge < -0.3 is 4.57 Å². The molecule has 0 fully saturated rings. The molecular formula is C41H26N4S. The summed E-state index contributed by atoms with van der Waals surface area (Å²) < 4.78 is 3.67. The maximum Gasteiger partial charge on any atom is 0.164 e. The summed E-state index contributed by atoms with van der Waals surface area (Å²) in [5, 5.41) is 6.00. The summed E-state index contributed by atoms with van der Waals surface area (Å²) in [6, 6.07) is 52.8. The Balaban J connectivity index is 1.21. The summed E-state index contributed by atoms with van der Waals surface area (Å²) in [4.78, 5) is 15.0. The summed E-state index contributed by atoms with van der Waals surface area (Å²) in [7, 11) is 0. The Kier molecular flexibility index (Phi) is 6.28. The highest BCUT2D eigenvalue weighted by molar-refractivity contribution is 7.18. The number of benzene rings is 6. The first-order valence-corrected chi connectivity index (χ1v) is 16.2. The van der Waals surface area contributed by atoms with Crippen molar-refractivity contribution in [1.82, 2.24) is 19.5 Å². The Hall–Kier alpha value is -5.91. The van der Waals surface area contributed by atoms with E-state index < -0.39 is 0 Å². The van der Waals surface area contributed by atoms with E-state index in [2.05, 4.69) is 125 Å². The van der Waals surface area contributed by atoms with E-state index in [0.717, 1.165) is 27.9 Å². The second-order valence-corrected chi connectivity index (χ2v) is 12.2. The monoisotopic (exact) mass is 606 g/mol. The van der Waals surface area contributed by atoms with Crippen LogP contribution in [0, 0.1) is 0 Å². The number of para-hydroxylation sites is 1. The maximum atomic E-state index is 5.05. The molecule has 216 valence electrons. The number of fused-ring (bicyclic) bond motifs is 5. The highest BCUT2D eigenvalue weighted by atomic mass is 32.1. The Morgan fingerprint density at radius 1 is 0.435 bits per heavy atom. The fourth-order valence-electron chi connectivity index (χ4n) is 6.33. The van der Waals surface area contributed by atoms with Gasteiger partial charge in [-0.15, -0.1) is 11.3 Å². The smallest absolute Gasteiger partial charge is 0.164 e. The molecule has 4 nitrogen and oxygen atoms in total. The van der Waals surface area contributed by atoms with Gasteiger partial charge in [0.2, 0.25) is 0 Å². The molecule has 0 amide bonds. The molecule has 3 heterocycles. The van der Waals surface area contributed by atoms with Crippen LogP contribution in [0.3, 0.4) is 0 Å². The minimum Gasteiger partial charge on any atom is -0.309 e. The third-order valence-corrected chi connectivity index (χ3v) is 9.48. The van der Waals surface area contributed by atoms with Crippen molar-refractivity contribution in [1.29, 1.82) is 0 Å². The number of nitrogens with zero attached hydrogens (tertiary/aromatic N) is 4. The second-order valence-electron chi connectivity index (χ2n) is 11.3. The normalized spacial score (nSPS) is 11.5. The number of rotatable bonds is 5. The Labute approximate surface area is 269 Å². The minimum absolute atomic E-state index is 0.638. The molecule has 46 heavy (non-hydrogen) atoms. The highest BCUT2D eigenvalue weighted by Gasteiger charge is 2.17. The molecule has 0 unspecified atom stereocenters. The van der Waals surface area contributed by atoms with Crippen LogP contribution in [0.2, 0.25) is 0 Å². The van der Waals surface area contributed by atoms with Crippen molar-refractivity contribution in [2.75, 3.05) is 0 Å². The molecule has 0 atom stereocenters. The lowest BCUT2D eigenvalue weighted by Crippen LogP contribution is -2.01. The average molecular weight is 607 g/mol. The lowest BCUT2D eigenvalue weighted by atomic mass is 10.0. The Bertz CT molecular complexity index is 2510. The van der Waals surface area contributed by atoms with E-state index >= 15 is 0 Å². The minimum atomic E-state index is 0.638. The standard InChI is InChI=1S/C41H26N4S/c1-3-10-27(11-4-1)28-18-20-31(21-19-28)40-42-39(30-12-5-2-6-13-30)43-41(44-40)32-14-9-15-33(26-32)45-35-17-8-7-16-34(35)37-36(45)23-22-29-24-25-46-38(29)37/h1-26H. The van der Waals surface area contributed by atoms with Gasteiger partial charge in [0.05, 0.1) is 11.0 Å². The van der Waals surface area contributed by atoms with Crippen molar-refractivity contribution in [2.24, 2.45) is 0 Å². The molecule has 9 aromatic rings. The van der Waals surface area contributed by atoms with Crippen LogP contribution in [0.15, 0.2) is 157 Å². The molecule has 0 spiro atoms. The van der Waals surface area contributed by atoms with Gasteiger partial charge in [-0.05, 0) is 52.2 Å². The van der Waals surface area contributed by atoms with Crippen molar-refractivity contribution in [2.45, 2.75) is 0 Å². The van der Waals surface area contributed by atoms with Gasteiger partial charge in [-0.3, -0.25) is 0 Å². The van der Waals surface area contributed by atoms with Crippen LogP contribution in [0.1, 0.15) is 0 Å². The van der Waals surface area contributed by atoms with Gasteiger partial charge in [0.15, 0.2) is 17.5 Å². The van der Waals surface area contributed by atoms with Crippen LogP contribution < -0.4 is 0 Å². The molecular weight excluding hydrogens is 581 g/mol. The molecule has 0 N–H and O–H groups in total. The maximum absolute atomic E-state index is 5.05. The zero-order chi connectivity index (χ0) is 30.5. The number of aromatic nitrogens is 4. The van der Waals surface area contributed by atoms with Crippen LogP contribution >= 0.6 is 11.3 Å². The topological polar surface area (TPSA) is 43.6 Å². The summed E-state index contributed by atoms with van der Waals surface area (Å²) in [6.45, 7) is 0. The van der Waals surface area contributed by atoms with E-state index in [-0.39, 0.29) is 0 Å². The summed E-state index contributed by atoms with van der Waals surface area (Å²) in [5.74, 6) is 1.93. The molecule has 0 saturated carbocycles. The molecule has 3 aromatic heterocycles. The van der Waals surface area contributed by atoms with E-state index in [9.17, 15) is 0 Å². The number of hydrogen-bond acceptors (Lipinski definition) is 4. The molecule has 6 aromatic carbocycles. The fourth-order valence-corrected chi connectivity index (χ4v) is 7.29. The van der Waals surface area contributed by atoms with E-state index in [1.165, 1.54) is 37.5 Å². The van der Waals surface area contributed by atoms with Crippen molar-refractivity contribution < 1.29 is 0 Å². The lowest BCUT2D eigenvalue weighted by Gasteiger charge is -2.12. The summed E-state index contributed by atoms with van der Waals surface area (Å²) in [5.41, 5.74) is 8.59. The molecule has 0 aliphatic rings. The van der Waals surface area contributed by atoms with Crippen molar-refractivity contribution >= 4 is 43.2 Å². The molecule has 0 bridgehead atoms. The van der Waals surface area contributed by atoms with Gasteiger partial charge in [-0.2, -0.15) is 0 Å². The Morgan fingerprint density at radius 3 is 1.78 bits per heavy atom. The first-order valence-electron chi connectivity index (χ1n) is 15.3. The van der Waals surface area contributed by atoms with E-state index in [0.29, 0.717) is 17.5 Å². The third kappa shape index (κ3) is 4.48. The van der Waals surface area contributed by atoms with Gasteiger partial charge in [0.25, 0.3) is 0 Å². The Morgan fingerprint density at radius 2 is 1.02 bits per heavy atom. The van der Waals surface area contributed by atoms with Crippen molar-refractivity contribution in [3.63, 3.8) is 0 Å². The molecule has 0 radical (unpaired) electrons. The van der Waals surface area contributed by atoms with Crippen LogP contribution in [0.5, 0.6) is 0 Å². The number of thiophene rings is 1. The zero-order valence-electron chi connectivity index (χ0n) is 24.7. The van der Waals surface area contributed by atoms with Crippen LogP contribution in [0.4, 0.5) is 0 Å². The largest absolute Gasteiger partial charge is 0.309 e.